The van der Waals surface area contributed by atoms with Crippen LogP contribution in [0.5, 0.6) is 5.75 Å². The van der Waals surface area contributed by atoms with Crippen molar-refractivity contribution in [3.63, 3.8) is 0 Å². The van der Waals surface area contributed by atoms with E-state index in [0.29, 0.717) is 6.04 Å². The van der Waals surface area contributed by atoms with E-state index in [9.17, 15) is 0 Å². The Kier molecular flexibility index (Phi) is 4.55. The van der Waals surface area contributed by atoms with Crippen molar-refractivity contribution in [3.8, 4) is 5.75 Å². The van der Waals surface area contributed by atoms with Gasteiger partial charge in [-0.1, -0.05) is 11.2 Å². The molecule has 4 rings (SSSR count). The van der Waals surface area contributed by atoms with Gasteiger partial charge < -0.3 is 9.26 Å². The third kappa shape index (κ3) is 3.08. The summed E-state index contributed by atoms with van der Waals surface area (Å²) >= 11 is 0. The monoisotopic (exact) mass is 340 g/mol. The maximum Gasteiger partial charge on any atom is 0.138 e. The molecule has 1 aromatic heterocycles. The van der Waals surface area contributed by atoms with Crippen LogP contribution in [0.1, 0.15) is 65.9 Å². The molecule has 0 radical (unpaired) electrons. The summed E-state index contributed by atoms with van der Waals surface area (Å²) < 4.78 is 11.4. The molecule has 1 atom stereocenters. The van der Waals surface area contributed by atoms with Crippen molar-refractivity contribution in [1.82, 2.24) is 10.1 Å². The molecule has 0 bridgehead atoms. The minimum Gasteiger partial charge on any atom is -0.494 e. The van der Waals surface area contributed by atoms with Crippen molar-refractivity contribution in [2.24, 2.45) is 0 Å². The maximum atomic E-state index is 5.99. The van der Waals surface area contributed by atoms with Crippen molar-refractivity contribution >= 4 is 0 Å². The first-order chi connectivity index (χ1) is 12.2. The topological polar surface area (TPSA) is 38.5 Å². The number of nitrogens with zero attached hydrogens (tertiary/aromatic N) is 2. The molecule has 1 aliphatic heterocycles. The van der Waals surface area contributed by atoms with Crippen LogP contribution in [0.3, 0.4) is 0 Å². The van der Waals surface area contributed by atoms with Gasteiger partial charge in [0.1, 0.15) is 11.5 Å². The van der Waals surface area contributed by atoms with Crippen molar-refractivity contribution in [2.45, 2.75) is 65.5 Å². The fourth-order valence-corrected chi connectivity index (χ4v) is 4.59. The Bertz CT molecular complexity index is 746. The van der Waals surface area contributed by atoms with Crippen LogP contribution in [0.15, 0.2) is 16.7 Å². The number of aromatic nitrogens is 1. The van der Waals surface area contributed by atoms with Crippen molar-refractivity contribution in [3.05, 3.63) is 45.8 Å². The number of ether oxygens (including phenoxy) is 1. The van der Waals surface area contributed by atoms with E-state index in [1.165, 1.54) is 54.4 Å². The number of hydrogen-bond donors (Lipinski definition) is 0. The highest BCUT2D eigenvalue weighted by Crippen LogP contribution is 2.38. The molecule has 2 heterocycles. The zero-order chi connectivity index (χ0) is 17.4. The van der Waals surface area contributed by atoms with Crippen LogP contribution in [0.4, 0.5) is 0 Å². The van der Waals surface area contributed by atoms with E-state index in [1.807, 2.05) is 6.92 Å². The average molecular weight is 340 g/mol. The van der Waals surface area contributed by atoms with Gasteiger partial charge in [0, 0.05) is 23.7 Å². The second kappa shape index (κ2) is 6.83. The van der Waals surface area contributed by atoms with E-state index in [2.05, 4.69) is 36.0 Å². The second-order valence-electron chi connectivity index (χ2n) is 7.38. The Labute approximate surface area is 150 Å². The van der Waals surface area contributed by atoms with Gasteiger partial charge >= 0.3 is 0 Å². The number of likely N-dealkylation sites (tertiary alicyclic amines) is 1. The largest absolute Gasteiger partial charge is 0.494 e. The molecule has 0 N–H and O–H groups in total. The Morgan fingerprint density at radius 3 is 2.72 bits per heavy atom. The summed E-state index contributed by atoms with van der Waals surface area (Å²) in [5, 5.41) is 4.17. The van der Waals surface area contributed by atoms with Crippen molar-refractivity contribution in [1.29, 1.82) is 0 Å². The third-order valence-electron chi connectivity index (χ3n) is 5.73. The quantitative estimate of drug-likeness (QED) is 0.802. The minimum absolute atomic E-state index is 0.411. The summed E-state index contributed by atoms with van der Waals surface area (Å²) in [5.74, 6) is 2.04. The van der Waals surface area contributed by atoms with Crippen LogP contribution >= 0.6 is 0 Å². The van der Waals surface area contributed by atoms with Crippen molar-refractivity contribution in [2.75, 3.05) is 13.2 Å². The van der Waals surface area contributed by atoms with Crippen LogP contribution < -0.4 is 4.74 Å². The van der Waals surface area contributed by atoms with Gasteiger partial charge in [0.05, 0.1) is 12.3 Å². The Morgan fingerprint density at radius 1 is 1.20 bits per heavy atom. The molecule has 1 aromatic carbocycles. The molecule has 1 saturated heterocycles. The molecule has 4 heteroatoms. The molecule has 1 fully saturated rings. The fourth-order valence-electron chi connectivity index (χ4n) is 4.59. The maximum absolute atomic E-state index is 5.99. The van der Waals surface area contributed by atoms with E-state index in [0.717, 1.165) is 36.9 Å². The fraction of sp³-hybridized carbons (Fsp3) is 0.571. The lowest BCUT2D eigenvalue weighted by Gasteiger charge is -2.26. The van der Waals surface area contributed by atoms with E-state index in [-0.39, 0.29) is 0 Å². The van der Waals surface area contributed by atoms with Crippen LogP contribution in [0.2, 0.25) is 0 Å². The van der Waals surface area contributed by atoms with Gasteiger partial charge in [-0.15, -0.1) is 0 Å². The Hall–Kier alpha value is -1.81. The molecular weight excluding hydrogens is 312 g/mol. The minimum atomic E-state index is 0.411. The molecule has 0 unspecified atom stereocenters. The van der Waals surface area contributed by atoms with Gasteiger partial charge in [-0.25, -0.2) is 0 Å². The second-order valence-corrected chi connectivity index (χ2v) is 7.38. The van der Waals surface area contributed by atoms with Gasteiger partial charge in [0.15, 0.2) is 0 Å². The summed E-state index contributed by atoms with van der Waals surface area (Å²) in [6, 6.07) is 5.10. The number of rotatable bonds is 5. The normalized spacial score (nSPS) is 20.2. The average Bonchev–Trinajstić information content (AvgIpc) is 3.29. The highest BCUT2D eigenvalue weighted by atomic mass is 16.5. The number of fused-ring (bicyclic) bond motifs is 1. The summed E-state index contributed by atoms with van der Waals surface area (Å²) in [7, 11) is 0. The van der Waals surface area contributed by atoms with Crippen LogP contribution in [-0.4, -0.2) is 23.2 Å². The number of benzene rings is 1. The van der Waals surface area contributed by atoms with E-state index >= 15 is 0 Å². The summed E-state index contributed by atoms with van der Waals surface area (Å²) in [6.45, 7) is 8.95. The molecule has 0 amide bonds. The number of aryl methyl sites for hydroxylation is 4. The molecule has 2 aromatic rings. The smallest absolute Gasteiger partial charge is 0.138 e. The van der Waals surface area contributed by atoms with Crippen LogP contribution in [-0.2, 0) is 19.4 Å². The molecule has 0 saturated carbocycles. The zero-order valence-corrected chi connectivity index (χ0v) is 15.6. The van der Waals surface area contributed by atoms with Gasteiger partial charge in [-0.2, -0.15) is 0 Å². The highest BCUT2D eigenvalue weighted by Gasteiger charge is 2.31. The molecular formula is C21H28N2O2. The van der Waals surface area contributed by atoms with E-state index < -0.39 is 0 Å². The van der Waals surface area contributed by atoms with Crippen LogP contribution in [0, 0.1) is 13.8 Å². The first-order valence-corrected chi connectivity index (χ1v) is 9.61. The van der Waals surface area contributed by atoms with E-state index in [1.54, 1.807) is 0 Å². The Morgan fingerprint density at radius 2 is 2.00 bits per heavy atom. The zero-order valence-electron chi connectivity index (χ0n) is 15.6. The summed E-state index contributed by atoms with van der Waals surface area (Å²) in [5.41, 5.74) is 6.66. The summed E-state index contributed by atoms with van der Waals surface area (Å²) in [6.07, 6.45) is 6.08. The standard InChI is InChI=1S/C21H28N2O2/c1-4-24-20-12-17-8-5-7-16(17)11-18(20)13-23-10-6-9-19(23)21-14(2)22-25-15(21)3/h11-12,19H,4-10,13H2,1-3H3/t19-/m0/s1. The lowest BCUT2D eigenvalue weighted by Crippen LogP contribution is -2.24. The molecule has 134 valence electrons. The summed E-state index contributed by atoms with van der Waals surface area (Å²) in [4.78, 5) is 2.58. The third-order valence-corrected chi connectivity index (χ3v) is 5.73. The SMILES string of the molecule is CCOc1cc2c(cc1CN1CCC[C@H]1c1c(C)noc1C)CCC2. The van der Waals surface area contributed by atoms with Gasteiger partial charge in [0.2, 0.25) is 0 Å². The van der Waals surface area contributed by atoms with Gasteiger partial charge in [0.25, 0.3) is 0 Å². The molecule has 1 aliphatic carbocycles. The highest BCUT2D eigenvalue weighted by molar-refractivity contribution is 5.45. The predicted molar refractivity (Wildman–Crippen MR) is 98.0 cm³/mol. The van der Waals surface area contributed by atoms with Crippen molar-refractivity contribution < 1.29 is 9.26 Å². The first kappa shape index (κ1) is 16.6. The van der Waals surface area contributed by atoms with E-state index in [4.69, 9.17) is 9.26 Å². The van der Waals surface area contributed by atoms with Gasteiger partial charge in [-0.3, -0.25) is 4.90 Å². The van der Waals surface area contributed by atoms with Crippen LogP contribution in [0.25, 0.3) is 0 Å². The Balaban J connectivity index is 1.63. The number of hydrogen-bond acceptors (Lipinski definition) is 4. The van der Waals surface area contributed by atoms with Gasteiger partial charge in [-0.05, 0) is 76.6 Å². The lowest BCUT2D eigenvalue weighted by molar-refractivity contribution is 0.239. The molecule has 4 nitrogen and oxygen atoms in total. The molecule has 0 spiro atoms. The lowest BCUT2D eigenvalue weighted by atomic mass is 10.0. The first-order valence-electron chi connectivity index (χ1n) is 9.61. The predicted octanol–water partition coefficient (Wildman–Crippen LogP) is 4.52. The molecule has 25 heavy (non-hydrogen) atoms. The molecule has 2 aliphatic rings.